The Balaban J connectivity index is 2.43. The normalized spacial score (nSPS) is 12.3. The molecule has 0 heterocycles. The number of nitrogens with one attached hydrogen (secondary N) is 1. The van der Waals surface area contributed by atoms with Gasteiger partial charge in [0.15, 0.2) is 0 Å². The second kappa shape index (κ2) is 8.11. The predicted octanol–water partition coefficient (Wildman–Crippen LogP) is 3.49. The fourth-order valence-corrected chi connectivity index (χ4v) is 3.96. The molecule has 1 atom stereocenters. The van der Waals surface area contributed by atoms with Crippen molar-refractivity contribution in [1.82, 2.24) is 0 Å². The summed E-state index contributed by atoms with van der Waals surface area (Å²) in [5.41, 5.74) is 0.302. The molecule has 2 aromatic carbocycles. The highest BCUT2D eigenvalue weighted by Crippen LogP contribution is 2.29. The van der Waals surface area contributed by atoms with Crippen molar-refractivity contribution in [1.29, 1.82) is 0 Å². The number of aryl methyl sites for hydroxylation is 1. The van der Waals surface area contributed by atoms with Gasteiger partial charge in [-0.25, -0.2) is 12.8 Å². The monoisotopic (exact) mass is 429 g/mol. The number of hydrogen-bond donors (Lipinski definition) is 1. The van der Waals surface area contributed by atoms with Gasteiger partial charge in [-0.15, -0.1) is 0 Å². The van der Waals surface area contributed by atoms with Crippen LogP contribution in [0.25, 0.3) is 0 Å². The molecule has 1 amide bonds. The number of carbonyl (C=O) groups excluding carboxylic acids is 1. The van der Waals surface area contributed by atoms with Gasteiger partial charge in [0, 0.05) is 17.8 Å². The molecule has 0 fully saturated rings. The van der Waals surface area contributed by atoms with E-state index < -0.39 is 32.7 Å². The summed E-state index contributed by atoms with van der Waals surface area (Å²) in [6, 6.07) is 6.00. The Kier molecular flexibility index (Phi) is 6.25. The second-order valence-electron chi connectivity index (χ2n) is 6.08. The number of halogens is 2. The first-order chi connectivity index (χ1) is 12.9. The molecule has 2 rings (SSSR count). The fraction of sp³-hybridized carbons (Fsp3) is 0.235. The van der Waals surface area contributed by atoms with Gasteiger partial charge in [0.2, 0.25) is 15.9 Å². The van der Waals surface area contributed by atoms with Crippen molar-refractivity contribution in [3.8, 4) is 0 Å². The summed E-state index contributed by atoms with van der Waals surface area (Å²) < 4.78 is 38.8. The van der Waals surface area contributed by atoms with Gasteiger partial charge in [0.05, 0.1) is 21.9 Å². The molecule has 2 aromatic rings. The van der Waals surface area contributed by atoms with Crippen molar-refractivity contribution in [2.45, 2.75) is 19.9 Å². The number of sulfonamides is 1. The first kappa shape index (κ1) is 21.6. The molecule has 0 bridgehead atoms. The van der Waals surface area contributed by atoms with Crippen molar-refractivity contribution in [2.75, 3.05) is 15.9 Å². The molecule has 0 aromatic heterocycles. The largest absolute Gasteiger partial charge is 0.324 e. The number of nitro groups is 1. The lowest BCUT2D eigenvalue weighted by Gasteiger charge is -2.29. The smallest absolute Gasteiger partial charge is 0.271 e. The maximum Gasteiger partial charge on any atom is 0.271 e. The highest BCUT2D eigenvalue weighted by atomic mass is 35.5. The molecule has 0 unspecified atom stereocenters. The summed E-state index contributed by atoms with van der Waals surface area (Å²) in [6.45, 7) is 2.90. The van der Waals surface area contributed by atoms with E-state index in [4.69, 9.17) is 11.6 Å². The number of anilines is 2. The van der Waals surface area contributed by atoms with E-state index in [0.717, 1.165) is 22.7 Å². The topological polar surface area (TPSA) is 110 Å². The third-order valence-corrected chi connectivity index (χ3v) is 5.43. The second-order valence-corrected chi connectivity index (χ2v) is 8.35. The van der Waals surface area contributed by atoms with Gasteiger partial charge in [-0.1, -0.05) is 17.7 Å². The molecule has 8 nitrogen and oxygen atoms in total. The quantitative estimate of drug-likeness (QED) is 0.558. The Morgan fingerprint density at radius 1 is 1.29 bits per heavy atom. The van der Waals surface area contributed by atoms with Crippen molar-refractivity contribution in [3.63, 3.8) is 0 Å². The van der Waals surface area contributed by atoms with Crippen molar-refractivity contribution >= 4 is 44.6 Å². The minimum Gasteiger partial charge on any atom is -0.324 e. The Bertz CT molecular complexity index is 1050. The Hall–Kier alpha value is -2.72. The van der Waals surface area contributed by atoms with Gasteiger partial charge in [0.25, 0.3) is 5.69 Å². The number of amides is 1. The molecule has 1 N–H and O–H groups in total. The molecule has 0 radical (unpaired) electrons. The maximum absolute atomic E-state index is 13.3. The molecule has 150 valence electrons. The Morgan fingerprint density at radius 3 is 2.46 bits per heavy atom. The number of rotatable bonds is 6. The zero-order valence-corrected chi connectivity index (χ0v) is 16.7. The Morgan fingerprint density at radius 2 is 1.93 bits per heavy atom. The number of non-ortho nitro benzene ring substituents is 1. The lowest BCUT2D eigenvalue weighted by molar-refractivity contribution is -0.384. The van der Waals surface area contributed by atoms with E-state index in [1.807, 2.05) is 0 Å². The summed E-state index contributed by atoms with van der Waals surface area (Å²) in [5.74, 6) is -1.39. The van der Waals surface area contributed by atoms with Crippen LogP contribution in [0.5, 0.6) is 0 Å². The fourth-order valence-electron chi connectivity index (χ4n) is 2.55. The molecule has 0 saturated heterocycles. The van der Waals surface area contributed by atoms with Crippen molar-refractivity contribution in [3.05, 3.63) is 62.9 Å². The summed E-state index contributed by atoms with van der Waals surface area (Å²) >= 11 is 5.68. The number of carbonyl (C=O) groups is 1. The van der Waals surface area contributed by atoms with E-state index in [9.17, 15) is 27.7 Å². The van der Waals surface area contributed by atoms with Gasteiger partial charge in [-0.2, -0.15) is 0 Å². The zero-order valence-electron chi connectivity index (χ0n) is 15.1. The van der Waals surface area contributed by atoms with Crippen LogP contribution < -0.4 is 9.62 Å². The first-order valence-corrected chi connectivity index (χ1v) is 10.1. The molecular weight excluding hydrogens is 413 g/mol. The van der Waals surface area contributed by atoms with Gasteiger partial charge in [-0.3, -0.25) is 19.2 Å². The molecule has 0 saturated carbocycles. The SMILES string of the molecule is Cc1ccc([N+](=O)[O-])cc1N([C@H](C)C(=O)Nc1ccc(F)c(Cl)c1)S(C)(=O)=O. The van der Waals surface area contributed by atoms with Crippen LogP contribution in [-0.2, 0) is 14.8 Å². The number of benzene rings is 2. The number of nitro benzene ring substituents is 1. The molecular formula is C17H17ClFN3O5S. The van der Waals surface area contributed by atoms with Gasteiger partial charge >= 0.3 is 0 Å². The predicted molar refractivity (Wildman–Crippen MR) is 105 cm³/mol. The summed E-state index contributed by atoms with van der Waals surface area (Å²) in [6.07, 6.45) is 0.893. The van der Waals surface area contributed by atoms with E-state index in [-0.39, 0.29) is 22.1 Å². The lowest BCUT2D eigenvalue weighted by atomic mass is 10.1. The van der Waals surface area contributed by atoms with Crippen molar-refractivity contribution < 1.29 is 22.5 Å². The van der Waals surface area contributed by atoms with E-state index >= 15 is 0 Å². The molecule has 0 aliphatic heterocycles. The van der Waals surface area contributed by atoms with Crippen LogP contribution in [0.3, 0.4) is 0 Å². The standard InChI is InChI=1S/C17H17ClFN3O5S/c1-10-4-6-13(22(24)25)9-16(10)21(28(3,26)27)11(2)17(23)20-12-5-7-15(19)14(18)8-12/h4-9,11H,1-3H3,(H,20,23)/t11-/m1/s1. The molecule has 0 aliphatic rings. The number of nitrogens with zero attached hydrogens (tertiary/aromatic N) is 2. The highest BCUT2D eigenvalue weighted by molar-refractivity contribution is 7.92. The Labute approximate surface area is 166 Å². The molecule has 0 aliphatic carbocycles. The van der Waals surface area contributed by atoms with Gasteiger partial charge in [-0.05, 0) is 37.6 Å². The van der Waals surface area contributed by atoms with E-state index in [1.165, 1.54) is 31.2 Å². The summed E-state index contributed by atoms with van der Waals surface area (Å²) in [5, 5.41) is 13.3. The van der Waals surface area contributed by atoms with Crippen LogP contribution in [0.2, 0.25) is 5.02 Å². The summed E-state index contributed by atoms with van der Waals surface area (Å²) in [7, 11) is -3.97. The first-order valence-electron chi connectivity index (χ1n) is 7.92. The molecule has 11 heteroatoms. The van der Waals surface area contributed by atoms with Crippen LogP contribution in [0, 0.1) is 22.9 Å². The molecule has 0 spiro atoms. The summed E-state index contributed by atoms with van der Waals surface area (Å²) in [4.78, 5) is 23.0. The third-order valence-electron chi connectivity index (χ3n) is 3.92. The van der Waals surface area contributed by atoms with E-state index in [2.05, 4.69) is 5.32 Å². The average Bonchev–Trinajstić information content (AvgIpc) is 2.58. The van der Waals surface area contributed by atoms with Gasteiger partial charge in [0.1, 0.15) is 11.9 Å². The van der Waals surface area contributed by atoms with Crippen LogP contribution in [0.15, 0.2) is 36.4 Å². The van der Waals surface area contributed by atoms with Crippen LogP contribution in [-0.4, -0.2) is 31.5 Å². The molecule has 28 heavy (non-hydrogen) atoms. The van der Waals surface area contributed by atoms with Crippen molar-refractivity contribution in [2.24, 2.45) is 0 Å². The van der Waals surface area contributed by atoms with Crippen LogP contribution in [0.4, 0.5) is 21.5 Å². The van der Waals surface area contributed by atoms with Crippen LogP contribution >= 0.6 is 11.6 Å². The maximum atomic E-state index is 13.3. The van der Waals surface area contributed by atoms with Crippen LogP contribution in [0.1, 0.15) is 12.5 Å². The number of hydrogen-bond acceptors (Lipinski definition) is 5. The van der Waals surface area contributed by atoms with Gasteiger partial charge < -0.3 is 5.32 Å². The average molecular weight is 430 g/mol. The minimum atomic E-state index is -3.97. The van der Waals surface area contributed by atoms with E-state index in [1.54, 1.807) is 6.92 Å². The third kappa shape index (κ3) is 4.76. The highest BCUT2D eigenvalue weighted by Gasteiger charge is 2.31. The minimum absolute atomic E-state index is 0.0106. The van der Waals surface area contributed by atoms with E-state index in [0.29, 0.717) is 5.56 Å². The zero-order chi connectivity index (χ0) is 21.2. The lowest BCUT2D eigenvalue weighted by Crippen LogP contribution is -2.45.